The van der Waals surface area contributed by atoms with Gasteiger partial charge in [-0.3, -0.25) is 0 Å². The van der Waals surface area contributed by atoms with Crippen LogP contribution in [0, 0.1) is 6.92 Å². The first-order valence-corrected chi connectivity index (χ1v) is 5.97. The first kappa shape index (κ1) is 11.4. The molecule has 0 spiro atoms. The fourth-order valence-electron chi connectivity index (χ4n) is 1.74. The predicted molar refractivity (Wildman–Crippen MR) is 66.2 cm³/mol. The second-order valence-electron chi connectivity index (χ2n) is 4.32. The SMILES string of the molecule is CCc1nc2cc(C(C)C)nn2c(Cl)c1C. The molecule has 2 rings (SSSR count). The maximum Gasteiger partial charge on any atom is 0.157 e. The van der Waals surface area contributed by atoms with Crippen LogP contribution in [0.15, 0.2) is 6.07 Å². The minimum atomic E-state index is 0.392. The van der Waals surface area contributed by atoms with E-state index < -0.39 is 0 Å². The summed E-state index contributed by atoms with van der Waals surface area (Å²) in [5.41, 5.74) is 3.95. The molecule has 0 aromatic carbocycles. The van der Waals surface area contributed by atoms with Gasteiger partial charge in [0.15, 0.2) is 5.65 Å². The van der Waals surface area contributed by atoms with Gasteiger partial charge in [0.25, 0.3) is 0 Å². The predicted octanol–water partition coefficient (Wildman–Crippen LogP) is 3.38. The van der Waals surface area contributed by atoms with Gasteiger partial charge in [0.05, 0.1) is 5.69 Å². The van der Waals surface area contributed by atoms with Crippen molar-refractivity contribution in [1.29, 1.82) is 0 Å². The van der Waals surface area contributed by atoms with Crippen LogP contribution in [-0.4, -0.2) is 14.6 Å². The summed E-state index contributed by atoms with van der Waals surface area (Å²) in [7, 11) is 0. The quantitative estimate of drug-likeness (QED) is 0.750. The van der Waals surface area contributed by atoms with Crippen molar-refractivity contribution in [3.63, 3.8) is 0 Å². The zero-order chi connectivity index (χ0) is 11.9. The highest BCUT2D eigenvalue weighted by Crippen LogP contribution is 2.22. The van der Waals surface area contributed by atoms with E-state index in [2.05, 4.69) is 30.9 Å². The van der Waals surface area contributed by atoms with Gasteiger partial charge in [-0.25, -0.2) is 9.50 Å². The van der Waals surface area contributed by atoms with Crippen molar-refractivity contribution in [1.82, 2.24) is 14.6 Å². The van der Waals surface area contributed by atoms with Crippen molar-refractivity contribution < 1.29 is 0 Å². The van der Waals surface area contributed by atoms with Gasteiger partial charge in [0, 0.05) is 17.3 Å². The number of aryl methyl sites for hydroxylation is 1. The molecule has 0 atom stereocenters. The van der Waals surface area contributed by atoms with Gasteiger partial charge >= 0.3 is 0 Å². The van der Waals surface area contributed by atoms with E-state index >= 15 is 0 Å². The van der Waals surface area contributed by atoms with Crippen molar-refractivity contribution >= 4 is 17.2 Å². The first-order valence-electron chi connectivity index (χ1n) is 5.59. The molecule has 0 saturated carbocycles. The summed E-state index contributed by atoms with van der Waals surface area (Å²) in [6.45, 7) is 8.30. The van der Waals surface area contributed by atoms with Crippen LogP contribution in [0.4, 0.5) is 0 Å². The third-order valence-corrected chi connectivity index (χ3v) is 3.26. The standard InChI is InChI=1S/C12H16ClN3/c1-5-9-8(4)12(13)16-11(14-9)6-10(15-16)7(2)3/h6-7H,5H2,1-4H3. The highest BCUT2D eigenvalue weighted by molar-refractivity contribution is 6.30. The highest BCUT2D eigenvalue weighted by Gasteiger charge is 2.13. The van der Waals surface area contributed by atoms with Crippen molar-refractivity contribution in [3.05, 3.63) is 28.2 Å². The number of fused-ring (bicyclic) bond motifs is 1. The van der Waals surface area contributed by atoms with Crippen LogP contribution in [-0.2, 0) is 6.42 Å². The maximum absolute atomic E-state index is 6.29. The summed E-state index contributed by atoms with van der Waals surface area (Å²) < 4.78 is 1.73. The van der Waals surface area contributed by atoms with Gasteiger partial charge in [0.1, 0.15) is 5.15 Å². The molecule has 3 nitrogen and oxygen atoms in total. The molecule has 0 aliphatic carbocycles. The molecule has 0 bridgehead atoms. The summed E-state index contributed by atoms with van der Waals surface area (Å²) in [4.78, 5) is 4.57. The van der Waals surface area contributed by atoms with Crippen molar-refractivity contribution in [3.8, 4) is 0 Å². The fraction of sp³-hybridized carbons (Fsp3) is 0.500. The van der Waals surface area contributed by atoms with Gasteiger partial charge < -0.3 is 0 Å². The Hall–Kier alpha value is -1.09. The molecule has 16 heavy (non-hydrogen) atoms. The average molecular weight is 238 g/mol. The van der Waals surface area contributed by atoms with Gasteiger partial charge in [-0.15, -0.1) is 0 Å². The number of nitrogens with zero attached hydrogens (tertiary/aromatic N) is 3. The molecule has 2 aromatic rings. The zero-order valence-electron chi connectivity index (χ0n) is 10.1. The van der Waals surface area contributed by atoms with E-state index in [9.17, 15) is 0 Å². The Labute approximate surface area is 100 Å². The number of rotatable bonds is 2. The second kappa shape index (κ2) is 4.06. The number of halogens is 1. The lowest BCUT2D eigenvalue weighted by molar-refractivity contribution is 0.782. The molecule has 0 unspecified atom stereocenters. The van der Waals surface area contributed by atoms with Gasteiger partial charge in [-0.05, 0) is 19.3 Å². The molecule has 4 heteroatoms. The van der Waals surface area contributed by atoms with E-state index in [1.165, 1.54) is 0 Å². The lowest BCUT2D eigenvalue weighted by Gasteiger charge is -2.05. The minimum absolute atomic E-state index is 0.392. The van der Waals surface area contributed by atoms with Crippen molar-refractivity contribution in [2.45, 2.75) is 40.0 Å². The lowest BCUT2D eigenvalue weighted by atomic mass is 10.1. The summed E-state index contributed by atoms with van der Waals surface area (Å²) in [6.07, 6.45) is 0.893. The van der Waals surface area contributed by atoms with Crippen LogP contribution in [0.2, 0.25) is 5.15 Å². The molecule has 0 radical (unpaired) electrons. The summed E-state index contributed by atoms with van der Waals surface area (Å²) in [6, 6.07) is 2.01. The van der Waals surface area contributed by atoms with E-state index in [1.807, 2.05) is 13.0 Å². The molecule has 0 aliphatic rings. The topological polar surface area (TPSA) is 30.2 Å². The normalized spacial score (nSPS) is 11.6. The molecular formula is C12H16ClN3. The monoisotopic (exact) mass is 237 g/mol. The Bertz CT molecular complexity index is 529. The van der Waals surface area contributed by atoms with Crippen LogP contribution in [0.5, 0.6) is 0 Å². The maximum atomic E-state index is 6.29. The molecule has 0 saturated heterocycles. The van der Waals surface area contributed by atoms with E-state index in [1.54, 1.807) is 4.52 Å². The smallest absolute Gasteiger partial charge is 0.157 e. The second-order valence-corrected chi connectivity index (χ2v) is 4.68. The fourth-order valence-corrected chi connectivity index (χ4v) is 1.97. The first-order chi connectivity index (χ1) is 7.54. The molecule has 0 aliphatic heterocycles. The van der Waals surface area contributed by atoms with E-state index in [-0.39, 0.29) is 0 Å². The molecule has 0 N–H and O–H groups in total. The average Bonchev–Trinajstić information content (AvgIpc) is 2.67. The Balaban J connectivity index is 2.72. The largest absolute Gasteiger partial charge is 0.233 e. The molecule has 0 amide bonds. The molecule has 2 aromatic heterocycles. The van der Waals surface area contributed by atoms with Gasteiger partial charge in [-0.1, -0.05) is 32.4 Å². The van der Waals surface area contributed by atoms with Crippen molar-refractivity contribution in [2.75, 3.05) is 0 Å². The Kier molecular flexibility index (Phi) is 2.89. The molecule has 2 heterocycles. The Morgan fingerprint density at radius 3 is 2.69 bits per heavy atom. The van der Waals surface area contributed by atoms with Crippen LogP contribution >= 0.6 is 11.6 Å². The number of hydrogen-bond acceptors (Lipinski definition) is 2. The number of aromatic nitrogens is 3. The van der Waals surface area contributed by atoms with Crippen molar-refractivity contribution in [2.24, 2.45) is 0 Å². The van der Waals surface area contributed by atoms with E-state index in [0.717, 1.165) is 29.0 Å². The van der Waals surface area contributed by atoms with Crippen LogP contribution in [0.3, 0.4) is 0 Å². The van der Waals surface area contributed by atoms with E-state index in [4.69, 9.17) is 11.6 Å². The van der Waals surface area contributed by atoms with Crippen LogP contribution < -0.4 is 0 Å². The lowest BCUT2D eigenvalue weighted by Crippen LogP contribution is -2.01. The third-order valence-electron chi connectivity index (χ3n) is 2.81. The Morgan fingerprint density at radius 2 is 2.12 bits per heavy atom. The minimum Gasteiger partial charge on any atom is -0.233 e. The molecule has 86 valence electrons. The van der Waals surface area contributed by atoms with Gasteiger partial charge in [0.2, 0.25) is 0 Å². The van der Waals surface area contributed by atoms with E-state index in [0.29, 0.717) is 11.1 Å². The zero-order valence-corrected chi connectivity index (χ0v) is 10.8. The summed E-state index contributed by atoms with van der Waals surface area (Å²) in [5, 5.41) is 5.14. The Morgan fingerprint density at radius 1 is 1.44 bits per heavy atom. The van der Waals surface area contributed by atoms with Crippen LogP contribution in [0.25, 0.3) is 5.65 Å². The van der Waals surface area contributed by atoms with Gasteiger partial charge in [-0.2, -0.15) is 5.10 Å². The number of hydrogen-bond donors (Lipinski definition) is 0. The summed E-state index contributed by atoms with van der Waals surface area (Å²) in [5.74, 6) is 0.392. The molecular weight excluding hydrogens is 222 g/mol. The molecule has 0 fully saturated rings. The summed E-state index contributed by atoms with van der Waals surface area (Å²) >= 11 is 6.29. The van der Waals surface area contributed by atoms with Crippen LogP contribution in [0.1, 0.15) is 43.6 Å². The highest BCUT2D eigenvalue weighted by atomic mass is 35.5. The third kappa shape index (κ3) is 1.69.